The van der Waals surface area contributed by atoms with E-state index in [1.165, 1.54) is 20.8 Å². The minimum Gasteiger partial charge on any atom is -0.182 e. The Morgan fingerprint density at radius 3 is 2.38 bits per heavy atom. The molecule has 0 aliphatic heterocycles. The van der Waals surface area contributed by atoms with E-state index in [0.717, 1.165) is 17.2 Å². The van der Waals surface area contributed by atoms with Gasteiger partial charge < -0.3 is 0 Å². The first-order valence-corrected chi connectivity index (χ1v) is 8.25. The van der Waals surface area contributed by atoms with E-state index in [2.05, 4.69) is 60.0 Å². The molecule has 2 aromatic carbocycles. The number of rotatable bonds is 3. The van der Waals surface area contributed by atoms with Gasteiger partial charge in [0.2, 0.25) is 5.52 Å². The fourth-order valence-electron chi connectivity index (χ4n) is 2.61. The molecule has 0 saturated heterocycles. The number of aromatic nitrogens is 1. The second-order valence-electron chi connectivity index (χ2n) is 4.89. The molecule has 1 nitrogen and oxygen atoms in total. The highest BCUT2D eigenvalue weighted by molar-refractivity contribution is 7.19. The molecular formula is C18H17ClNS+. The highest BCUT2D eigenvalue weighted by Crippen LogP contribution is 2.33. The molecule has 0 unspecified atom stereocenters. The number of para-hydroxylation sites is 1. The van der Waals surface area contributed by atoms with Crippen LogP contribution in [-0.2, 0) is 6.54 Å². The van der Waals surface area contributed by atoms with Gasteiger partial charge in [0, 0.05) is 11.1 Å². The summed E-state index contributed by atoms with van der Waals surface area (Å²) in [5.41, 5.74) is 3.56. The maximum Gasteiger partial charge on any atom is 0.271 e. The monoisotopic (exact) mass is 314 g/mol. The Balaban J connectivity index is 2.29. The predicted molar refractivity (Wildman–Crippen MR) is 91.7 cm³/mol. The van der Waals surface area contributed by atoms with Crippen LogP contribution in [0.15, 0.2) is 59.6 Å². The van der Waals surface area contributed by atoms with Crippen LogP contribution in [0.4, 0.5) is 0 Å². The summed E-state index contributed by atoms with van der Waals surface area (Å²) < 4.78 is 3.63. The van der Waals surface area contributed by atoms with E-state index in [1.807, 2.05) is 13.0 Å². The fraction of sp³-hybridized carbons (Fsp3) is 0.167. The first-order valence-electron chi connectivity index (χ1n) is 7.06. The lowest BCUT2D eigenvalue weighted by atomic mass is 10.1. The largest absolute Gasteiger partial charge is 0.271 e. The van der Waals surface area contributed by atoms with Crippen molar-refractivity contribution in [2.24, 2.45) is 0 Å². The number of fused-ring (bicyclic) bond motifs is 1. The maximum atomic E-state index is 6.44. The Morgan fingerprint density at radius 2 is 1.71 bits per heavy atom. The number of thiazole rings is 1. The summed E-state index contributed by atoms with van der Waals surface area (Å²) in [5, 5.41) is 2.05. The SMILES string of the molecule is CC[n+]1c(/C(=C(\C)Cl)c2ccccc2)sc2ccccc21. The smallest absolute Gasteiger partial charge is 0.182 e. The van der Waals surface area contributed by atoms with Crippen molar-refractivity contribution >= 4 is 38.7 Å². The molecular weight excluding hydrogens is 298 g/mol. The van der Waals surface area contributed by atoms with Gasteiger partial charge in [-0.3, -0.25) is 0 Å². The molecule has 106 valence electrons. The number of aryl methyl sites for hydroxylation is 1. The van der Waals surface area contributed by atoms with Crippen molar-refractivity contribution in [2.75, 3.05) is 0 Å². The van der Waals surface area contributed by atoms with Crippen molar-refractivity contribution < 1.29 is 4.57 Å². The van der Waals surface area contributed by atoms with Gasteiger partial charge >= 0.3 is 0 Å². The van der Waals surface area contributed by atoms with Crippen LogP contribution in [0.3, 0.4) is 0 Å². The Hall–Kier alpha value is -1.64. The van der Waals surface area contributed by atoms with E-state index >= 15 is 0 Å². The lowest BCUT2D eigenvalue weighted by molar-refractivity contribution is -0.665. The van der Waals surface area contributed by atoms with Crippen LogP contribution in [-0.4, -0.2) is 0 Å². The van der Waals surface area contributed by atoms with Gasteiger partial charge in [0.25, 0.3) is 5.01 Å². The number of hydrogen-bond acceptors (Lipinski definition) is 1. The number of benzene rings is 2. The van der Waals surface area contributed by atoms with E-state index in [0.29, 0.717) is 0 Å². The molecule has 0 bridgehead atoms. The highest BCUT2D eigenvalue weighted by atomic mass is 35.5. The third kappa shape index (κ3) is 2.61. The van der Waals surface area contributed by atoms with Crippen molar-refractivity contribution in [3.63, 3.8) is 0 Å². The van der Waals surface area contributed by atoms with E-state index in [4.69, 9.17) is 11.6 Å². The van der Waals surface area contributed by atoms with Gasteiger partial charge in [-0.15, -0.1) is 0 Å². The zero-order valence-electron chi connectivity index (χ0n) is 12.1. The Kier molecular flexibility index (Phi) is 4.09. The highest BCUT2D eigenvalue weighted by Gasteiger charge is 2.24. The molecule has 0 fully saturated rings. The third-order valence-corrected chi connectivity index (χ3v) is 4.92. The summed E-state index contributed by atoms with van der Waals surface area (Å²) >= 11 is 8.24. The minimum absolute atomic E-state index is 0.829. The molecule has 0 saturated carbocycles. The molecule has 0 atom stereocenters. The summed E-state index contributed by atoms with van der Waals surface area (Å²) in [6.07, 6.45) is 0. The Morgan fingerprint density at radius 1 is 1.05 bits per heavy atom. The van der Waals surface area contributed by atoms with Gasteiger partial charge in [0.05, 0.1) is 5.57 Å². The van der Waals surface area contributed by atoms with Crippen LogP contribution >= 0.6 is 22.9 Å². The number of nitrogens with zero attached hydrogens (tertiary/aromatic N) is 1. The molecule has 0 aliphatic rings. The van der Waals surface area contributed by atoms with Crippen LogP contribution in [0.25, 0.3) is 15.8 Å². The first-order chi connectivity index (χ1) is 10.2. The molecule has 0 spiro atoms. The van der Waals surface area contributed by atoms with Crippen molar-refractivity contribution in [1.82, 2.24) is 0 Å². The van der Waals surface area contributed by atoms with Crippen molar-refractivity contribution in [3.8, 4) is 0 Å². The molecule has 3 heteroatoms. The summed E-state index contributed by atoms with van der Waals surface area (Å²) in [7, 11) is 0. The normalized spacial score (nSPS) is 12.5. The van der Waals surface area contributed by atoms with Crippen molar-refractivity contribution in [3.05, 3.63) is 70.2 Å². The zero-order chi connectivity index (χ0) is 14.8. The van der Waals surface area contributed by atoms with Crippen LogP contribution < -0.4 is 4.57 Å². The molecule has 0 N–H and O–H groups in total. The number of allylic oxidation sites excluding steroid dienone is 1. The number of halogens is 1. The van der Waals surface area contributed by atoms with Crippen LogP contribution in [0, 0.1) is 0 Å². The van der Waals surface area contributed by atoms with Crippen LogP contribution in [0.2, 0.25) is 0 Å². The predicted octanol–water partition coefficient (Wildman–Crippen LogP) is 5.23. The van der Waals surface area contributed by atoms with Crippen LogP contribution in [0.1, 0.15) is 24.4 Å². The molecule has 0 aliphatic carbocycles. The van der Waals surface area contributed by atoms with Crippen molar-refractivity contribution in [1.29, 1.82) is 0 Å². The number of hydrogen-bond donors (Lipinski definition) is 0. The first kappa shape index (κ1) is 14.3. The maximum absolute atomic E-state index is 6.44. The molecule has 3 rings (SSSR count). The molecule has 21 heavy (non-hydrogen) atoms. The quantitative estimate of drug-likeness (QED) is 0.583. The van der Waals surface area contributed by atoms with Gasteiger partial charge in [-0.1, -0.05) is 65.4 Å². The summed E-state index contributed by atoms with van der Waals surface area (Å²) in [6.45, 7) is 5.07. The van der Waals surface area contributed by atoms with Crippen molar-refractivity contribution in [2.45, 2.75) is 20.4 Å². The minimum atomic E-state index is 0.829. The molecule has 1 aromatic heterocycles. The van der Waals surface area contributed by atoms with E-state index in [-0.39, 0.29) is 0 Å². The summed E-state index contributed by atoms with van der Waals surface area (Å²) in [4.78, 5) is 0. The standard InChI is InChI=1S/C18H17ClNS/c1-3-20-15-11-7-8-12-16(15)21-18(20)17(13(2)19)14-9-5-4-6-10-14/h4-12H,3H2,1-2H3/q+1/b17-13+. The fourth-order valence-corrected chi connectivity index (χ4v) is 4.21. The van der Waals surface area contributed by atoms with E-state index in [9.17, 15) is 0 Å². The average Bonchev–Trinajstić information content (AvgIpc) is 2.86. The lowest BCUT2D eigenvalue weighted by Crippen LogP contribution is -2.34. The average molecular weight is 315 g/mol. The molecule has 1 heterocycles. The zero-order valence-corrected chi connectivity index (χ0v) is 13.7. The molecule has 0 radical (unpaired) electrons. The van der Waals surface area contributed by atoms with Gasteiger partial charge in [-0.2, -0.15) is 4.57 Å². The molecule has 0 amide bonds. The summed E-state index contributed by atoms with van der Waals surface area (Å²) in [5.74, 6) is 0. The van der Waals surface area contributed by atoms with E-state index < -0.39 is 0 Å². The third-order valence-electron chi connectivity index (χ3n) is 3.54. The second kappa shape index (κ2) is 6.00. The molecule has 3 aromatic rings. The van der Waals surface area contributed by atoms with Crippen LogP contribution in [0.5, 0.6) is 0 Å². The van der Waals surface area contributed by atoms with Gasteiger partial charge in [0.1, 0.15) is 11.2 Å². The van der Waals surface area contributed by atoms with Gasteiger partial charge in [-0.05, 0) is 25.5 Å². The summed E-state index contributed by atoms with van der Waals surface area (Å²) in [6, 6.07) is 18.9. The topological polar surface area (TPSA) is 3.88 Å². The van der Waals surface area contributed by atoms with Gasteiger partial charge in [0.15, 0.2) is 0 Å². The Bertz CT molecular complexity index is 798. The second-order valence-corrected chi connectivity index (χ2v) is 6.49. The van der Waals surface area contributed by atoms with E-state index in [1.54, 1.807) is 11.3 Å². The Labute approximate surface area is 134 Å². The lowest BCUT2D eigenvalue weighted by Gasteiger charge is -2.05. The van der Waals surface area contributed by atoms with Gasteiger partial charge in [-0.25, -0.2) is 0 Å².